The van der Waals surface area contributed by atoms with Crippen molar-refractivity contribution in [2.24, 2.45) is 0 Å². The molecule has 0 saturated heterocycles. The van der Waals surface area contributed by atoms with E-state index in [0.717, 1.165) is 70.6 Å². The number of hydrogen-bond acceptors (Lipinski definition) is 6. The van der Waals surface area contributed by atoms with Gasteiger partial charge in [0.15, 0.2) is 12.1 Å². The summed E-state index contributed by atoms with van der Waals surface area (Å²) in [6.07, 6.45) is 44.8. The maximum atomic E-state index is 12.7. The standard InChI is InChI=1S/C48H87NO7/c1-6-8-10-12-14-16-18-19-20-21-22-23-24-25-26-27-28-29-31-33-35-37-39-47(51)56-44(42-54-41-40-45(48(52)53)49(3,4)5)43-55-46(50)38-36-34-32-30-17-15-13-11-9-7-2/h13,15,21-22,24-25,44-45H,6-12,14,16-20,23,26-43H2,1-5H3/p+1/b15-13+,22-21+,25-24+. The van der Waals surface area contributed by atoms with Gasteiger partial charge in [0.25, 0.3) is 0 Å². The molecule has 0 aromatic rings. The second-order valence-electron chi connectivity index (χ2n) is 16.7. The first-order valence-corrected chi connectivity index (χ1v) is 23.0. The summed E-state index contributed by atoms with van der Waals surface area (Å²) >= 11 is 0. The van der Waals surface area contributed by atoms with E-state index < -0.39 is 18.1 Å². The van der Waals surface area contributed by atoms with Crippen LogP contribution in [0.3, 0.4) is 0 Å². The molecule has 0 saturated carbocycles. The molecule has 1 N–H and O–H groups in total. The highest BCUT2D eigenvalue weighted by atomic mass is 16.6. The van der Waals surface area contributed by atoms with Gasteiger partial charge in [-0.2, -0.15) is 0 Å². The maximum absolute atomic E-state index is 12.7. The number of rotatable bonds is 41. The Morgan fingerprint density at radius 2 is 0.964 bits per heavy atom. The summed E-state index contributed by atoms with van der Waals surface area (Å²) in [7, 11) is 5.52. The molecule has 0 heterocycles. The highest BCUT2D eigenvalue weighted by molar-refractivity contribution is 5.72. The summed E-state index contributed by atoms with van der Waals surface area (Å²) in [6, 6.07) is -0.616. The molecule has 0 fully saturated rings. The van der Waals surface area contributed by atoms with Crippen molar-refractivity contribution < 1.29 is 38.2 Å². The van der Waals surface area contributed by atoms with E-state index >= 15 is 0 Å². The minimum absolute atomic E-state index is 0.0551. The minimum atomic E-state index is -0.878. The number of hydrogen-bond donors (Lipinski definition) is 1. The number of aliphatic carboxylic acids is 1. The monoisotopic (exact) mass is 791 g/mol. The van der Waals surface area contributed by atoms with Crippen LogP contribution in [0.4, 0.5) is 0 Å². The van der Waals surface area contributed by atoms with Gasteiger partial charge in [-0.15, -0.1) is 0 Å². The van der Waals surface area contributed by atoms with Crippen LogP contribution in [0.5, 0.6) is 0 Å². The Kier molecular flexibility index (Phi) is 37.7. The number of esters is 2. The number of carbonyl (C=O) groups excluding carboxylic acids is 2. The number of carbonyl (C=O) groups is 3. The largest absolute Gasteiger partial charge is 0.477 e. The molecule has 326 valence electrons. The summed E-state index contributed by atoms with van der Waals surface area (Å²) in [5.41, 5.74) is 0. The molecule has 8 heteroatoms. The van der Waals surface area contributed by atoms with Gasteiger partial charge in [-0.05, 0) is 64.2 Å². The molecule has 0 aromatic carbocycles. The van der Waals surface area contributed by atoms with Gasteiger partial charge >= 0.3 is 17.9 Å². The summed E-state index contributed by atoms with van der Waals surface area (Å²) in [5, 5.41) is 9.61. The van der Waals surface area contributed by atoms with Crippen LogP contribution in [-0.4, -0.2) is 80.6 Å². The Bertz CT molecular complexity index is 1020. The number of allylic oxidation sites excluding steroid dienone is 6. The number of likely N-dealkylation sites (N-methyl/N-ethyl adjacent to an activating group) is 1. The van der Waals surface area contributed by atoms with E-state index in [1.807, 2.05) is 21.1 Å². The Morgan fingerprint density at radius 3 is 1.45 bits per heavy atom. The van der Waals surface area contributed by atoms with Gasteiger partial charge in [-0.25, -0.2) is 4.79 Å². The van der Waals surface area contributed by atoms with Crippen LogP contribution in [0.25, 0.3) is 0 Å². The van der Waals surface area contributed by atoms with E-state index in [2.05, 4.69) is 50.3 Å². The third-order valence-electron chi connectivity index (χ3n) is 10.3. The van der Waals surface area contributed by atoms with Crippen molar-refractivity contribution in [1.82, 2.24) is 0 Å². The van der Waals surface area contributed by atoms with Crippen LogP contribution in [0.2, 0.25) is 0 Å². The fourth-order valence-electron chi connectivity index (χ4n) is 6.63. The first-order valence-electron chi connectivity index (χ1n) is 23.0. The van der Waals surface area contributed by atoms with Crippen molar-refractivity contribution in [2.75, 3.05) is 41.0 Å². The molecule has 0 aliphatic heterocycles. The van der Waals surface area contributed by atoms with Gasteiger partial charge in [0.1, 0.15) is 6.61 Å². The fourth-order valence-corrected chi connectivity index (χ4v) is 6.63. The highest BCUT2D eigenvalue weighted by Gasteiger charge is 2.31. The zero-order valence-electron chi connectivity index (χ0n) is 37.1. The second kappa shape index (κ2) is 39.4. The first kappa shape index (κ1) is 53.6. The third kappa shape index (κ3) is 37.1. The Labute approximate surface area is 344 Å². The normalized spacial score (nSPS) is 13.2. The number of carboxylic acids is 1. The van der Waals surface area contributed by atoms with Crippen molar-refractivity contribution in [1.29, 1.82) is 0 Å². The highest BCUT2D eigenvalue weighted by Crippen LogP contribution is 2.14. The van der Waals surface area contributed by atoms with Crippen LogP contribution < -0.4 is 0 Å². The Hall–Kier alpha value is -2.45. The third-order valence-corrected chi connectivity index (χ3v) is 10.3. The molecule has 2 unspecified atom stereocenters. The first-order chi connectivity index (χ1) is 27.1. The van der Waals surface area contributed by atoms with E-state index in [4.69, 9.17) is 14.2 Å². The topological polar surface area (TPSA) is 99.1 Å². The van der Waals surface area contributed by atoms with E-state index in [1.165, 1.54) is 96.3 Å². The molecule has 0 aliphatic rings. The lowest BCUT2D eigenvalue weighted by atomic mass is 10.1. The smallest absolute Gasteiger partial charge is 0.362 e. The Morgan fingerprint density at radius 1 is 0.536 bits per heavy atom. The predicted octanol–water partition coefficient (Wildman–Crippen LogP) is 12.6. The summed E-state index contributed by atoms with van der Waals surface area (Å²) in [4.78, 5) is 36.9. The molecule has 56 heavy (non-hydrogen) atoms. The predicted molar refractivity (Wildman–Crippen MR) is 234 cm³/mol. The number of nitrogens with zero attached hydrogens (tertiary/aromatic N) is 1. The fraction of sp³-hybridized carbons (Fsp3) is 0.812. The second-order valence-corrected chi connectivity index (χ2v) is 16.7. The lowest BCUT2D eigenvalue weighted by Crippen LogP contribution is -2.50. The molecule has 8 nitrogen and oxygen atoms in total. The van der Waals surface area contributed by atoms with Gasteiger partial charge in [0, 0.05) is 19.3 Å². The van der Waals surface area contributed by atoms with Gasteiger partial charge in [-0.1, -0.05) is 153 Å². The molecule has 0 aliphatic carbocycles. The quantitative estimate of drug-likeness (QED) is 0.0285. The maximum Gasteiger partial charge on any atom is 0.362 e. The molecule has 0 aromatic heterocycles. The molecule has 0 radical (unpaired) electrons. The van der Waals surface area contributed by atoms with Crippen LogP contribution >= 0.6 is 0 Å². The molecule has 0 bridgehead atoms. The van der Waals surface area contributed by atoms with Crippen molar-refractivity contribution in [3.05, 3.63) is 36.5 Å². The number of unbranched alkanes of at least 4 members (excludes halogenated alkanes) is 21. The lowest BCUT2D eigenvalue weighted by molar-refractivity contribution is -0.887. The lowest BCUT2D eigenvalue weighted by Gasteiger charge is -2.31. The van der Waals surface area contributed by atoms with Crippen molar-refractivity contribution in [3.8, 4) is 0 Å². The zero-order valence-corrected chi connectivity index (χ0v) is 37.1. The van der Waals surface area contributed by atoms with Crippen molar-refractivity contribution in [3.63, 3.8) is 0 Å². The van der Waals surface area contributed by atoms with Gasteiger partial charge in [0.05, 0.1) is 34.4 Å². The summed E-state index contributed by atoms with van der Waals surface area (Å²) in [6.45, 7) is 4.67. The van der Waals surface area contributed by atoms with Crippen LogP contribution in [0.1, 0.15) is 200 Å². The van der Waals surface area contributed by atoms with Gasteiger partial charge < -0.3 is 23.8 Å². The van der Waals surface area contributed by atoms with Crippen LogP contribution in [0, 0.1) is 0 Å². The molecular weight excluding hydrogens is 703 g/mol. The minimum Gasteiger partial charge on any atom is -0.477 e. The van der Waals surface area contributed by atoms with Gasteiger partial charge in [-0.3, -0.25) is 9.59 Å². The zero-order chi connectivity index (χ0) is 41.4. The molecule has 0 amide bonds. The van der Waals surface area contributed by atoms with E-state index in [9.17, 15) is 19.5 Å². The average molecular weight is 791 g/mol. The van der Waals surface area contributed by atoms with E-state index in [-0.39, 0.29) is 36.2 Å². The van der Waals surface area contributed by atoms with Crippen molar-refractivity contribution >= 4 is 17.9 Å². The van der Waals surface area contributed by atoms with Crippen LogP contribution in [-0.2, 0) is 28.6 Å². The van der Waals surface area contributed by atoms with E-state index in [1.54, 1.807) is 0 Å². The Balaban J connectivity index is 4.26. The average Bonchev–Trinajstić information content (AvgIpc) is 3.15. The molecular formula is C48H88NO7+. The number of ether oxygens (including phenoxy) is 3. The van der Waals surface area contributed by atoms with E-state index in [0.29, 0.717) is 19.3 Å². The number of quaternary nitrogens is 1. The van der Waals surface area contributed by atoms with Gasteiger partial charge in [0.2, 0.25) is 0 Å². The van der Waals surface area contributed by atoms with Crippen molar-refractivity contribution in [2.45, 2.75) is 212 Å². The molecule has 2 atom stereocenters. The summed E-state index contributed by atoms with van der Waals surface area (Å²) in [5.74, 6) is -1.49. The molecule has 0 spiro atoms. The molecule has 0 rings (SSSR count). The SMILES string of the molecule is CCCC/C=C/CCCCCCC(=O)OCC(COCCC(C(=O)O)[N+](C)(C)C)OC(=O)CCCCCCCCC/C=C/C/C=C/CCCCCCCCCC. The summed E-state index contributed by atoms with van der Waals surface area (Å²) < 4.78 is 17.2. The number of carboxylic acid groups (broad SMARTS) is 1. The van der Waals surface area contributed by atoms with Crippen LogP contribution in [0.15, 0.2) is 36.5 Å².